The number of nitrogens with one attached hydrogen (secondary N) is 1. The molecule has 0 amide bonds. The van der Waals surface area contributed by atoms with Crippen molar-refractivity contribution in [1.29, 1.82) is 0 Å². The number of hydrogen-bond acceptors (Lipinski definition) is 2. The first kappa shape index (κ1) is 13.9. The summed E-state index contributed by atoms with van der Waals surface area (Å²) in [7, 11) is 0. The molecular formula is C17H25FN2. The molecule has 0 unspecified atom stereocenters. The first-order valence-corrected chi connectivity index (χ1v) is 8.05. The predicted octanol–water partition coefficient (Wildman–Crippen LogP) is 3.57. The van der Waals surface area contributed by atoms with Crippen molar-refractivity contribution in [3.8, 4) is 0 Å². The summed E-state index contributed by atoms with van der Waals surface area (Å²) in [5.41, 5.74) is 1.16. The Morgan fingerprint density at radius 3 is 2.55 bits per heavy atom. The van der Waals surface area contributed by atoms with Crippen LogP contribution in [0, 0.1) is 11.7 Å². The maximum Gasteiger partial charge on any atom is 0.123 e. The molecule has 0 spiro atoms. The summed E-state index contributed by atoms with van der Waals surface area (Å²) in [6.07, 6.45) is 8.16. The van der Waals surface area contributed by atoms with Crippen molar-refractivity contribution in [1.82, 2.24) is 5.32 Å². The fourth-order valence-corrected chi connectivity index (χ4v) is 3.53. The van der Waals surface area contributed by atoms with Crippen LogP contribution in [0.4, 0.5) is 10.1 Å². The molecule has 1 aliphatic carbocycles. The molecule has 1 N–H and O–H groups in total. The summed E-state index contributed by atoms with van der Waals surface area (Å²) in [6.45, 7) is 3.34. The van der Waals surface area contributed by atoms with E-state index >= 15 is 0 Å². The number of rotatable bonds is 4. The third kappa shape index (κ3) is 3.51. The zero-order valence-electron chi connectivity index (χ0n) is 12.2. The third-order valence-electron chi connectivity index (χ3n) is 4.78. The largest absolute Gasteiger partial charge is 0.371 e. The molecule has 0 radical (unpaired) electrons. The molecule has 2 fully saturated rings. The molecule has 110 valence electrons. The molecule has 2 nitrogen and oxygen atoms in total. The smallest absolute Gasteiger partial charge is 0.123 e. The molecule has 1 saturated carbocycles. The SMILES string of the molecule is Fc1ccc(N2CC[C@@H](CNC3CCCCC3)C2)cc1. The van der Waals surface area contributed by atoms with E-state index in [0.717, 1.165) is 37.3 Å². The Morgan fingerprint density at radius 2 is 1.80 bits per heavy atom. The highest BCUT2D eigenvalue weighted by atomic mass is 19.1. The minimum Gasteiger partial charge on any atom is -0.371 e. The average molecular weight is 276 g/mol. The van der Waals surface area contributed by atoms with E-state index in [9.17, 15) is 4.39 Å². The Hall–Kier alpha value is -1.09. The highest BCUT2D eigenvalue weighted by Crippen LogP contribution is 2.24. The summed E-state index contributed by atoms with van der Waals surface area (Å²) >= 11 is 0. The number of anilines is 1. The van der Waals surface area contributed by atoms with Gasteiger partial charge in [-0.05, 0) is 56.0 Å². The Morgan fingerprint density at radius 1 is 1.05 bits per heavy atom. The van der Waals surface area contributed by atoms with Gasteiger partial charge < -0.3 is 10.2 Å². The first-order chi connectivity index (χ1) is 9.81. The molecule has 1 heterocycles. The van der Waals surface area contributed by atoms with Crippen molar-refractivity contribution >= 4 is 5.69 Å². The Kier molecular flexibility index (Phi) is 4.56. The van der Waals surface area contributed by atoms with Crippen LogP contribution in [0.25, 0.3) is 0 Å². The summed E-state index contributed by atoms with van der Waals surface area (Å²) in [4.78, 5) is 2.38. The average Bonchev–Trinajstić information content (AvgIpc) is 2.96. The summed E-state index contributed by atoms with van der Waals surface area (Å²) in [6, 6.07) is 7.66. The van der Waals surface area contributed by atoms with Gasteiger partial charge in [-0.1, -0.05) is 19.3 Å². The van der Waals surface area contributed by atoms with Crippen LogP contribution in [0.1, 0.15) is 38.5 Å². The van der Waals surface area contributed by atoms with Crippen LogP contribution in [-0.2, 0) is 0 Å². The molecule has 1 aliphatic heterocycles. The van der Waals surface area contributed by atoms with Gasteiger partial charge in [-0.15, -0.1) is 0 Å². The van der Waals surface area contributed by atoms with Crippen LogP contribution >= 0.6 is 0 Å². The monoisotopic (exact) mass is 276 g/mol. The van der Waals surface area contributed by atoms with Crippen molar-refractivity contribution < 1.29 is 4.39 Å². The molecule has 1 atom stereocenters. The van der Waals surface area contributed by atoms with Crippen molar-refractivity contribution in [2.45, 2.75) is 44.6 Å². The molecular weight excluding hydrogens is 251 g/mol. The summed E-state index contributed by atoms with van der Waals surface area (Å²) in [5.74, 6) is 0.588. The molecule has 20 heavy (non-hydrogen) atoms. The maximum absolute atomic E-state index is 12.9. The van der Waals surface area contributed by atoms with Gasteiger partial charge in [0.05, 0.1) is 0 Å². The molecule has 3 heteroatoms. The lowest BCUT2D eigenvalue weighted by Crippen LogP contribution is -2.35. The van der Waals surface area contributed by atoms with E-state index in [1.807, 2.05) is 12.1 Å². The van der Waals surface area contributed by atoms with Crippen molar-refractivity contribution in [2.24, 2.45) is 5.92 Å². The van der Waals surface area contributed by atoms with E-state index < -0.39 is 0 Å². The van der Waals surface area contributed by atoms with Crippen LogP contribution < -0.4 is 10.2 Å². The molecule has 2 aliphatic rings. The van der Waals surface area contributed by atoms with Crippen molar-refractivity contribution in [2.75, 3.05) is 24.5 Å². The van der Waals surface area contributed by atoms with Gasteiger partial charge in [-0.25, -0.2) is 4.39 Å². The fourth-order valence-electron chi connectivity index (χ4n) is 3.53. The predicted molar refractivity (Wildman–Crippen MR) is 81.6 cm³/mol. The quantitative estimate of drug-likeness (QED) is 0.904. The highest BCUT2D eigenvalue weighted by molar-refractivity contribution is 5.47. The van der Waals surface area contributed by atoms with Crippen molar-refractivity contribution in [3.05, 3.63) is 30.1 Å². The number of hydrogen-bond donors (Lipinski definition) is 1. The molecule has 1 aromatic rings. The zero-order chi connectivity index (χ0) is 13.8. The van der Waals surface area contributed by atoms with Gasteiger partial charge in [0.2, 0.25) is 0 Å². The molecule has 1 saturated heterocycles. The highest BCUT2D eigenvalue weighted by Gasteiger charge is 2.23. The van der Waals surface area contributed by atoms with Crippen LogP contribution in [0.3, 0.4) is 0 Å². The van der Waals surface area contributed by atoms with E-state index in [-0.39, 0.29) is 5.82 Å². The Balaban J connectivity index is 1.45. The summed E-state index contributed by atoms with van der Waals surface area (Å²) in [5, 5.41) is 3.76. The van der Waals surface area contributed by atoms with Crippen LogP contribution in [-0.4, -0.2) is 25.7 Å². The van der Waals surface area contributed by atoms with Crippen LogP contribution in [0.15, 0.2) is 24.3 Å². The Labute approximate surface area is 121 Å². The van der Waals surface area contributed by atoms with Gasteiger partial charge >= 0.3 is 0 Å². The van der Waals surface area contributed by atoms with Gasteiger partial charge in [-0.2, -0.15) is 0 Å². The fraction of sp³-hybridized carbons (Fsp3) is 0.647. The van der Waals surface area contributed by atoms with E-state index in [4.69, 9.17) is 0 Å². The Bertz CT molecular complexity index is 412. The molecule has 0 bridgehead atoms. The van der Waals surface area contributed by atoms with E-state index in [0.29, 0.717) is 0 Å². The van der Waals surface area contributed by atoms with Gasteiger partial charge in [-0.3, -0.25) is 0 Å². The van der Waals surface area contributed by atoms with Gasteiger partial charge in [0.1, 0.15) is 5.82 Å². The standard InChI is InChI=1S/C17H25FN2/c18-15-6-8-17(9-7-15)20-11-10-14(13-20)12-19-16-4-2-1-3-5-16/h6-9,14,16,19H,1-5,10-13H2/t14-/m0/s1. The topological polar surface area (TPSA) is 15.3 Å². The minimum absolute atomic E-state index is 0.150. The van der Waals surface area contributed by atoms with Crippen molar-refractivity contribution in [3.63, 3.8) is 0 Å². The van der Waals surface area contributed by atoms with Gasteiger partial charge in [0, 0.05) is 24.8 Å². The van der Waals surface area contributed by atoms with Gasteiger partial charge in [0.15, 0.2) is 0 Å². The first-order valence-electron chi connectivity index (χ1n) is 8.05. The van der Waals surface area contributed by atoms with E-state index in [2.05, 4.69) is 10.2 Å². The molecule has 1 aromatic carbocycles. The normalized spacial score (nSPS) is 24.2. The van der Waals surface area contributed by atoms with E-state index in [1.54, 1.807) is 12.1 Å². The lowest BCUT2D eigenvalue weighted by Gasteiger charge is -2.25. The number of halogens is 1. The van der Waals surface area contributed by atoms with Crippen LogP contribution in [0.2, 0.25) is 0 Å². The third-order valence-corrected chi connectivity index (χ3v) is 4.78. The lowest BCUT2D eigenvalue weighted by atomic mass is 9.95. The minimum atomic E-state index is -0.150. The molecule has 0 aromatic heterocycles. The second-order valence-electron chi connectivity index (χ2n) is 6.32. The number of nitrogens with zero attached hydrogens (tertiary/aromatic N) is 1. The molecule has 3 rings (SSSR count). The zero-order valence-corrected chi connectivity index (χ0v) is 12.2. The number of benzene rings is 1. The maximum atomic E-state index is 12.9. The van der Waals surface area contributed by atoms with E-state index in [1.165, 1.54) is 38.5 Å². The second kappa shape index (κ2) is 6.57. The van der Waals surface area contributed by atoms with Crippen LogP contribution in [0.5, 0.6) is 0 Å². The lowest BCUT2D eigenvalue weighted by molar-refractivity contribution is 0.353. The summed E-state index contributed by atoms with van der Waals surface area (Å²) < 4.78 is 12.9. The van der Waals surface area contributed by atoms with Gasteiger partial charge in [0.25, 0.3) is 0 Å². The second-order valence-corrected chi connectivity index (χ2v) is 6.32.